The number of hydrogen-bond acceptors (Lipinski definition) is 1. The summed E-state index contributed by atoms with van der Waals surface area (Å²) in [4.78, 5) is 0. The molecule has 1 aromatic carbocycles. The SMILES string of the molecule is CC(C)(C)c1cccc2c(C(F)(F)F)coc12. The molecule has 92 valence electrons. The van der Waals surface area contributed by atoms with Gasteiger partial charge >= 0.3 is 6.18 Å². The van der Waals surface area contributed by atoms with Crippen LogP contribution in [0, 0.1) is 0 Å². The molecule has 0 spiro atoms. The van der Waals surface area contributed by atoms with Crippen molar-refractivity contribution in [1.82, 2.24) is 0 Å². The van der Waals surface area contributed by atoms with E-state index in [4.69, 9.17) is 4.42 Å². The molecule has 0 saturated carbocycles. The Morgan fingerprint density at radius 2 is 1.65 bits per heavy atom. The minimum Gasteiger partial charge on any atom is -0.463 e. The lowest BCUT2D eigenvalue weighted by Crippen LogP contribution is -2.11. The fourth-order valence-corrected chi connectivity index (χ4v) is 1.87. The molecule has 0 aliphatic rings. The van der Waals surface area contributed by atoms with Crippen molar-refractivity contribution < 1.29 is 17.6 Å². The molecule has 0 unspecified atom stereocenters. The molecule has 1 heterocycles. The fourth-order valence-electron chi connectivity index (χ4n) is 1.87. The summed E-state index contributed by atoms with van der Waals surface area (Å²) in [6, 6.07) is 4.87. The Hall–Kier alpha value is -1.45. The Balaban J connectivity index is 2.74. The third-order valence-corrected chi connectivity index (χ3v) is 2.71. The number of para-hydroxylation sites is 1. The predicted octanol–water partition coefficient (Wildman–Crippen LogP) is 4.75. The molecule has 0 bridgehead atoms. The molecule has 17 heavy (non-hydrogen) atoms. The van der Waals surface area contributed by atoms with Crippen LogP contribution in [-0.4, -0.2) is 0 Å². The van der Waals surface area contributed by atoms with Crippen molar-refractivity contribution in [2.75, 3.05) is 0 Å². The first kappa shape index (κ1) is 12.0. The van der Waals surface area contributed by atoms with Crippen LogP contribution in [-0.2, 0) is 11.6 Å². The van der Waals surface area contributed by atoms with E-state index in [1.807, 2.05) is 20.8 Å². The lowest BCUT2D eigenvalue weighted by Gasteiger charge is -2.19. The van der Waals surface area contributed by atoms with E-state index in [1.165, 1.54) is 6.07 Å². The van der Waals surface area contributed by atoms with Crippen molar-refractivity contribution in [1.29, 1.82) is 0 Å². The highest BCUT2D eigenvalue weighted by atomic mass is 19.4. The van der Waals surface area contributed by atoms with Crippen molar-refractivity contribution in [3.8, 4) is 0 Å². The summed E-state index contributed by atoms with van der Waals surface area (Å²) in [5.41, 5.74) is 0.150. The zero-order valence-electron chi connectivity index (χ0n) is 9.85. The summed E-state index contributed by atoms with van der Waals surface area (Å²) in [6.07, 6.45) is -3.58. The van der Waals surface area contributed by atoms with Gasteiger partial charge in [0.25, 0.3) is 0 Å². The number of fused-ring (bicyclic) bond motifs is 1. The highest BCUT2D eigenvalue weighted by molar-refractivity contribution is 5.85. The summed E-state index contributed by atoms with van der Waals surface area (Å²) in [6.45, 7) is 5.83. The number of furan rings is 1. The van der Waals surface area contributed by atoms with Gasteiger partial charge in [-0.15, -0.1) is 0 Å². The predicted molar refractivity (Wildman–Crippen MR) is 59.9 cm³/mol. The minimum atomic E-state index is -4.37. The molecule has 2 rings (SSSR count). The standard InChI is InChI=1S/C13H13F3O/c1-12(2,3)9-6-4-5-8-10(13(14,15)16)7-17-11(8)9/h4-7H,1-3H3. The molecule has 1 aromatic heterocycles. The molecule has 2 aromatic rings. The monoisotopic (exact) mass is 242 g/mol. The van der Waals surface area contributed by atoms with Gasteiger partial charge in [0, 0.05) is 10.9 Å². The first-order chi connectivity index (χ1) is 7.71. The summed E-state index contributed by atoms with van der Waals surface area (Å²) in [7, 11) is 0. The number of hydrogen-bond donors (Lipinski definition) is 0. The van der Waals surface area contributed by atoms with Crippen molar-refractivity contribution in [3.63, 3.8) is 0 Å². The average molecular weight is 242 g/mol. The van der Waals surface area contributed by atoms with E-state index in [0.29, 0.717) is 5.58 Å². The molecule has 4 heteroatoms. The third-order valence-electron chi connectivity index (χ3n) is 2.71. The van der Waals surface area contributed by atoms with Crippen LogP contribution in [0.3, 0.4) is 0 Å². The van der Waals surface area contributed by atoms with Crippen LogP contribution in [0.1, 0.15) is 31.9 Å². The second-order valence-corrected chi connectivity index (χ2v) is 5.08. The summed E-state index contributed by atoms with van der Waals surface area (Å²) < 4.78 is 43.3. The maximum atomic E-state index is 12.7. The molecule has 0 amide bonds. The van der Waals surface area contributed by atoms with Gasteiger partial charge in [-0.05, 0) is 5.41 Å². The second-order valence-electron chi connectivity index (χ2n) is 5.08. The van der Waals surface area contributed by atoms with Gasteiger partial charge < -0.3 is 4.42 Å². The highest BCUT2D eigenvalue weighted by Crippen LogP contribution is 2.39. The van der Waals surface area contributed by atoms with Gasteiger partial charge in [0.1, 0.15) is 17.4 Å². The van der Waals surface area contributed by atoms with Crippen LogP contribution in [0.15, 0.2) is 28.9 Å². The van der Waals surface area contributed by atoms with Crippen LogP contribution in [0.4, 0.5) is 13.2 Å². The minimum absolute atomic E-state index is 0.130. The second kappa shape index (κ2) is 3.52. The number of rotatable bonds is 0. The van der Waals surface area contributed by atoms with Crippen LogP contribution in [0.2, 0.25) is 0 Å². The van der Waals surface area contributed by atoms with Gasteiger partial charge in [0.05, 0.1) is 0 Å². The molecule has 0 atom stereocenters. The van der Waals surface area contributed by atoms with Crippen molar-refractivity contribution in [2.24, 2.45) is 0 Å². The fraction of sp³-hybridized carbons (Fsp3) is 0.385. The molecular formula is C13H13F3O. The van der Waals surface area contributed by atoms with Gasteiger partial charge in [-0.1, -0.05) is 39.0 Å². The van der Waals surface area contributed by atoms with Crippen LogP contribution >= 0.6 is 0 Å². The molecule has 1 nitrogen and oxygen atoms in total. The zero-order valence-corrected chi connectivity index (χ0v) is 9.85. The Kier molecular flexibility index (Phi) is 2.49. The van der Waals surface area contributed by atoms with Gasteiger partial charge in [-0.2, -0.15) is 13.2 Å². The highest BCUT2D eigenvalue weighted by Gasteiger charge is 2.35. The van der Waals surface area contributed by atoms with E-state index in [0.717, 1.165) is 11.8 Å². The Morgan fingerprint density at radius 1 is 1.00 bits per heavy atom. The lowest BCUT2D eigenvalue weighted by molar-refractivity contribution is -0.136. The summed E-state index contributed by atoms with van der Waals surface area (Å²) in [5, 5.41) is 0.130. The van der Waals surface area contributed by atoms with Crippen molar-refractivity contribution in [3.05, 3.63) is 35.6 Å². The molecule has 0 radical (unpaired) electrons. The molecule has 0 fully saturated rings. The summed E-state index contributed by atoms with van der Waals surface area (Å²) >= 11 is 0. The average Bonchev–Trinajstić information content (AvgIpc) is 2.57. The van der Waals surface area contributed by atoms with Crippen LogP contribution in [0.5, 0.6) is 0 Å². The number of benzene rings is 1. The van der Waals surface area contributed by atoms with Crippen molar-refractivity contribution in [2.45, 2.75) is 32.4 Å². The first-order valence-electron chi connectivity index (χ1n) is 5.29. The van der Waals surface area contributed by atoms with E-state index in [-0.39, 0.29) is 10.8 Å². The Bertz CT molecular complexity index is 544. The van der Waals surface area contributed by atoms with Crippen molar-refractivity contribution >= 4 is 11.0 Å². The Labute approximate surface area is 97.2 Å². The number of alkyl halides is 3. The van der Waals surface area contributed by atoms with Gasteiger partial charge in [0.15, 0.2) is 0 Å². The number of halogens is 3. The van der Waals surface area contributed by atoms with E-state index in [1.54, 1.807) is 12.1 Å². The van der Waals surface area contributed by atoms with Gasteiger partial charge in [0.2, 0.25) is 0 Å². The van der Waals surface area contributed by atoms with Gasteiger partial charge in [-0.25, -0.2) is 0 Å². The van der Waals surface area contributed by atoms with E-state index < -0.39 is 11.7 Å². The molecule has 0 saturated heterocycles. The molecule has 0 N–H and O–H groups in total. The van der Waals surface area contributed by atoms with E-state index in [2.05, 4.69) is 0 Å². The van der Waals surface area contributed by atoms with Gasteiger partial charge in [-0.3, -0.25) is 0 Å². The first-order valence-corrected chi connectivity index (χ1v) is 5.29. The van der Waals surface area contributed by atoms with E-state index >= 15 is 0 Å². The maximum absolute atomic E-state index is 12.7. The third kappa shape index (κ3) is 2.04. The molecule has 0 aliphatic carbocycles. The molecular weight excluding hydrogens is 229 g/mol. The quantitative estimate of drug-likeness (QED) is 0.649. The van der Waals surface area contributed by atoms with Crippen LogP contribution < -0.4 is 0 Å². The molecule has 0 aliphatic heterocycles. The maximum Gasteiger partial charge on any atom is 0.420 e. The Morgan fingerprint density at radius 3 is 2.18 bits per heavy atom. The topological polar surface area (TPSA) is 13.1 Å². The normalized spacial score (nSPS) is 13.3. The smallest absolute Gasteiger partial charge is 0.420 e. The van der Waals surface area contributed by atoms with E-state index in [9.17, 15) is 13.2 Å². The summed E-state index contributed by atoms with van der Waals surface area (Å²) in [5.74, 6) is 0. The largest absolute Gasteiger partial charge is 0.463 e. The van der Waals surface area contributed by atoms with Crippen LogP contribution in [0.25, 0.3) is 11.0 Å². The zero-order chi connectivity index (χ0) is 12.8. The lowest BCUT2D eigenvalue weighted by atomic mass is 9.86.